The van der Waals surface area contributed by atoms with E-state index in [-0.39, 0.29) is 0 Å². The zero-order valence-corrected chi connectivity index (χ0v) is 22.4. The number of pyridine rings is 1. The highest BCUT2D eigenvalue weighted by Crippen LogP contribution is 2.39. The monoisotopic (exact) mass is 497 g/mol. The van der Waals surface area contributed by atoms with Crippen LogP contribution in [0.5, 0.6) is 0 Å². The van der Waals surface area contributed by atoms with Crippen molar-refractivity contribution in [2.45, 2.75) is 26.6 Å². The van der Waals surface area contributed by atoms with Gasteiger partial charge in [-0.3, -0.25) is 4.57 Å². The van der Waals surface area contributed by atoms with Crippen molar-refractivity contribution in [3.8, 4) is 17.1 Å². The van der Waals surface area contributed by atoms with Gasteiger partial charge in [-0.25, -0.2) is 9.97 Å². The van der Waals surface area contributed by atoms with E-state index in [4.69, 9.17) is 14.4 Å². The summed E-state index contributed by atoms with van der Waals surface area (Å²) in [7, 11) is -1.47. The smallest absolute Gasteiger partial charge is 0.179 e. The van der Waals surface area contributed by atoms with Gasteiger partial charge in [0.25, 0.3) is 0 Å². The summed E-state index contributed by atoms with van der Waals surface area (Å²) in [6, 6.07) is 32.0. The van der Waals surface area contributed by atoms with Crippen molar-refractivity contribution in [3.63, 3.8) is 0 Å². The van der Waals surface area contributed by atoms with Gasteiger partial charge in [-0.15, -0.1) is 0 Å². The van der Waals surface area contributed by atoms with Gasteiger partial charge in [0.1, 0.15) is 16.7 Å². The van der Waals surface area contributed by atoms with E-state index in [0.29, 0.717) is 0 Å². The largest absolute Gasteiger partial charge is 0.455 e. The molecule has 0 bridgehead atoms. The first-order valence-corrected chi connectivity index (χ1v) is 16.2. The van der Waals surface area contributed by atoms with Crippen molar-refractivity contribution in [2.75, 3.05) is 0 Å². The van der Waals surface area contributed by atoms with E-state index in [2.05, 4.69) is 116 Å². The molecule has 0 radical (unpaired) electrons. The third kappa shape index (κ3) is 3.35. The third-order valence-corrected chi connectivity index (χ3v) is 9.37. The molecule has 0 saturated carbocycles. The molecule has 0 saturated heterocycles. The predicted molar refractivity (Wildman–Crippen MR) is 157 cm³/mol. The summed E-state index contributed by atoms with van der Waals surface area (Å²) in [6.45, 7) is 9.15. The lowest BCUT2D eigenvalue weighted by Gasteiger charge is -2.15. The highest BCUT2D eigenvalue weighted by molar-refractivity contribution is 6.88. The Hall–Kier alpha value is -4.22. The number of imidazole rings is 1. The Morgan fingerprint density at radius 3 is 2.22 bits per heavy atom. The van der Waals surface area contributed by atoms with Crippen LogP contribution in [0.3, 0.4) is 0 Å². The Morgan fingerprint density at radius 1 is 0.703 bits per heavy atom. The maximum atomic E-state index is 6.62. The lowest BCUT2D eigenvalue weighted by molar-refractivity contribution is 0.669. The molecule has 4 nitrogen and oxygen atoms in total. The first-order valence-electron chi connectivity index (χ1n) is 12.7. The molecule has 0 fully saturated rings. The molecule has 5 heteroatoms. The molecule has 0 spiro atoms. The van der Waals surface area contributed by atoms with Crippen LogP contribution >= 0.6 is 0 Å². The van der Waals surface area contributed by atoms with Crippen molar-refractivity contribution in [3.05, 3.63) is 96.7 Å². The second-order valence-electron chi connectivity index (χ2n) is 10.8. The maximum absolute atomic E-state index is 6.62. The zero-order chi connectivity index (χ0) is 25.3. The van der Waals surface area contributed by atoms with E-state index in [1.807, 2.05) is 6.07 Å². The second-order valence-corrected chi connectivity index (χ2v) is 15.8. The van der Waals surface area contributed by atoms with Gasteiger partial charge in [-0.1, -0.05) is 91.6 Å². The highest BCUT2D eigenvalue weighted by atomic mass is 28.3. The Kier molecular flexibility index (Phi) is 4.69. The standard InChI is InChI=1S/C32H27N3OSi/c1-20-23-13-8-9-14-25(23)29-31(33-20)34-32(35(29)21-11-6-5-7-12-21)27-16-10-15-26-24-18-17-22(37(2,3)4)19-28(24)36-30(26)27/h5-19H,1-4H3. The minimum atomic E-state index is -1.47. The van der Waals surface area contributed by atoms with Crippen LogP contribution in [0.15, 0.2) is 95.4 Å². The molecule has 0 unspecified atom stereocenters. The second kappa shape index (κ2) is 7.89. The Bertz CT molecular complexity index is 1980. The molecule has 0 aliphatic heterocycles. The molecule has 0 N–H and O–H groups in total. The normalized spacial score (nSPS) is 12.3. The number of furan rings is 1. The summed E-state index contributed by atoms with van der Waals surface area (Å²) in [6.07, 6.45) is 0. The fourth-order valence-corrected chi connectivity index (χ4v) is 6.55. The topological polar surface area (TPSA) is 43.9 Å². The number of nitrogens with zero attached hydrogens (tertiary/aromatic N) is 3. The zero-order valence-electron chi connectivity index (χ0n) is 21.4. The van der Waals surface area contributed by atoms with E-state index < -0.39 is 8.07 Å². The molecule has 0 atom stereocenters. The number of hydrogen-bond donors (Lipinski definition) is 0. The first kappa shape index (κ1) is 22.0. The van der Waals surface area contributed by atoms with Gasteiger partial charge in [0.05, 0.1) is 13.6 Å². The van der Waals surface area contributed by atoms with Gasteiger partial charge in [0.2, 0.25) is 0 Å². The lowest BCUT2D eigenvalue weighted by atomic mass is 10.1. The van der Waals surface area contributed by atoms with E-state index >= 15 is 0 Å². The quantitative estimate of drug-likeness (QED) is 0.232. The minimum absolute atomic E-state index is 0.740. The molecule has 3 aromatic heterocycles. The number of aromatic nitrogens is 3. The average Bonchev–Trinajstić information content (AvgIpc) is 3.47. The fourth-order valence-electron chi connectivity index (χ4n) is 5.40. The van der Waals surface area contributed by atoms with Crippen molar-refractivity contribution < 1.29 is 4.42 Å². The third-order valence-electron chi connectivity index (χ3n) is 7.32. The molecule has 0 amide bonds. The molecule has 3 heterocycles. The maximum Gasteiger partial charge on any atom is 0.179 e. The van der Waals surface area contributed by atoms with Crippen molar-refractivity contribution in [1.82, 2.24) is 14.5 Å². The minimum Gasteiger partial charge on any atom is -0.455 e. The molecule has 7 rings (SSSR count). The van der Waals surface area contributed by atoms with Gasteiger partial charge in [0, 0.05) is 32.9 Å². The summed E-state index contributed by atoms with van der Waals surface area (Å²) >= 11 is 0. The fraction of sp³-hybridized carbons (Fsp3) is 0.125. The molecular weight excluding hydrogens is 470 g/mol. The number of hydrogen-bond acceptors (Lipinski definition) is 3. The van der Waals surface area contributed by atoms with Crippen LogP contribution in [0.2, 0.25) is 19.6 Å². The number of rotatable bonds is 3. The van der Waals surface area contributed by atoms with Crippen molar-refractivity contribution in [1.29, 1.82) is 0 Å². The summed E-state index contributed by atoms with van der Waals surface area (Å²) in [5.41, 5.74) is 6.54. The first-order chi connectivity index (χ1) is 17.9. The number of benzene rings is 4. The van der Waals surface area contributed by atoms with Crippen LogP contribution in [0.4, 0.5) is 0 Å². The van der Waals surface area contributed by atoms with E-state index in [0.717, 1.165) is 66.6 Å². The van der Waals surface area contributed by atoms with E-state index in [9.17, 15) is 0 Å². The molecule has 37 heavy (non-hydrogen) atoms. The average molecular weight is 498 g/mol. The summed E-state index contributed by atoms with van der Waals surface area (Å²) in [4.78, 5) is 10.1. The van der Waals surface area contributed by atoms with Crippen molar-refractivity contribution in [2.24, 2.45) is 0 Å². The number of aryl methyl sites for hydroxylation is 1. The Balaban J connectivity index is 1.60. The highest BCUT2D eigenvalue weighted by Gasteiger charge is 2.23. The van der Waals surface area contributed by atoms with Crippen LogP contribution in [0, 0.1) is 6.92 Å². The molecule has 7 aromatic rings. The van der Waals surface area contributed by atoms with Crippen LogP contribution in [-0.2, 0) is 0 Å². The van der Waals surface area contributed by atoms with E-state index in [1.165, 1.54) is 5.19 Å². The van der Waals surface area contributed by atoms with Gasteiger partial charge < -0.3 is 4.42 Å². The molecule has 0 aliphatic carbocycles. The molecule has 4 aromatic carbocycles. The predicted octanol–water partition coefficient (Wildman–Crippen LogP) is 7.99. The van der Waals surface area contributed by atoms with Gasteiger partial charge >= 0.3 is 0 Å². The van der Waals surface area contributed by atoms with Gasteiger partial charge in [0.15, 0.2) is 11.5 Å². The molecule has 0 aliphatic rings. The molecular formula is C32H27N3OSi. The number of para-hydroxylation sites is 2. The van der Waals surface area contributed by atoms with Gasteiger partial charge in [-0.2, -0.15) is 0 Å². The Labute approximate surface area is 216 Å². The van der Waals surface area contributed by atoms with Gasteiger partial charge in [-0.05, 0) is 31.2 Å². The summed E-state index contributed by atoms with van der Waals surface area (Å²) < 4.78 is 8.86. The van der Waals surface area contributed by atoms with E-state index in [1.54, 1.807) is 0 Å². The molecule has 180 valence electrons. The summed E-state index contributed by atoms with van der Waals surface area (Å²) in [5.74, 6) is 0.833. The lowest BCUT2D eigenvalue weighted by Crippen LogP contribution is -2.37. The number of fused-ring (bicyclic) bond motifs is 6. The summed E-state index contributed by atoms with van der Waals surface area (Å²) in [5, 5.41) is 5.92. The Morgan fingerprint density at radius 2 is 1.43 bits per heavy atom. The SMILES string of the molecule is Cc1nc2nc(-c3cccc4c3oc3cc([Si](C)(C)C)ccc34)n(-c3ccccc3)c2c2ccccc12. The van der Waals surface area contributed by atoms with Crippen LogP contribution in [0.25, 0.3) is 61.0 Å². The van der Waals surface area contributed by atoms with Crippen LogP contribution in [-0.4, -0.2) is 22.6 Å². The van der Waals surface area contributed by atoms with Crippen molar-refractivity contribution >= 4 is 57.1 Å². The van der Waals surface area contributed by atoms with Crippen LogP contribution < -0.4 is 5.19 Å². The van der Waals surface area contributed by atoms with Crippen LogP contribution in [0.1, 0.15) is 5.69 Å².